The van der Waals surface area contributed by atoms with E-state index in [0.29, 0.717) is 17.6 Å². The number of aliphatic imine (C=N–C) groups is 1. The summed E-state index contributed by atoms with van der Waals surface area (Å²) in [7, 11) is 3.57. The van der Waals surface area contributed by atoms with Crippen molar-refractivity contribution in [2.45, 2.75) is 25.8 Å². The van der Waals surface area contributed by atoms with E-state index in [1.165, 1.54) is 0 Å². The van der Waals surface area contributed by atoms with Gasteiger partial charge in [0.05, 0.1) is 30.5 Å². The van der Waals surface area contributed by atoms with Crippen LogP contribution in [0.2, 0.25) is 0 Å². The van der Waals surface area contributed by atoms with Crippen LogP contribution in [-0.2, 0) is 4.74 Å². The number of aliphatic hydroxyl groups excluding tert-OH is 1. The molecule has 1 fully saturated rings. The van der Waals surface area contributed by atoms with Crippen molar-refractivity contribution in [3.8, 4) is 0 Å². The van der Waals surface area contributed by atoms with Gasteiger partial charge in [-0.05, 0) is 49.6 Å². The number of nitrogens with zero attached hydrogens (tertiary/aromatic N) is 3. The zero-order valence-corrected chi connectivity index (χ0v) is 21.6. The first-order valence-corrected chi connectivity index (χ1v) is 12.6. The molecule has 184 valence electrons. The molecule has 9 heteroatoms. The van der Waals surface area contributed by atoms with Crippen molar-refractivity contribution in [3.05, 3.63) is 57.9 Å². The summed E-state index contributed by atoms with van der Waals surface area (Å²) in [4.78, 5) is 8.09. The van der Waals surface area contributed by atoms with Crippen LogP contribution in [0.25, 0.3) is 0 Å². The number of rotatable bonds is 13. The highest BCUT2D eigenvalue weighted by Gasteiger charge is 2.24. The quantitative estimate of drug-likeness (QED) is 0.206. The fourth-order valence-corrected chi connectivity index (χ4v) is 5.12. The van der Waals surface area contributed by atoms with E-state index in [1.807, 2.05) is 25.3 Å². The molecule has 0 saturated carbocycles. The third kappa shape index (κ3) is 8.96. The van der Waals surface area contributed by atoms with Crippen LogP contribution in [0.1, 0.15) is 19.8 Å². The van der Waals surface area contributed by atoms with E-state index in [0.717, 1.165) is 67.5 Å². The van der Waals surface area contributed by atoms with Crippen molar-refractivity contribution in [2.75, 3.05) is 60.1 Å². The van der Waals surface area contributed by atoms with E-state index < -0.39 is 0 Å². The molecule has 2 heterocycles. The van der Waals surface area contributed by atoms with Crippen LogP contribution in [0.15, 0.2) is 62.9 Å². The molecule has 0 bridgehead atoms. The fraction of sp³-hybridized carbons (Fsp3) is 0.542. The van der Waals surface area contributed by atoms with E-state index in [9.17, 15) is 5.11 Å². The summed E-state index contributed by atoms with van der Waals surface area (Å²) >= 11 is 8.01. The Morgan fingerprint density at radius 3 is 2.88 bits per heavy atom. The minimum absolute atomic E-state index is 0.00251. The Labute approximate surface area is 208 Å². The third-order valence-corrected chi connectivity index (χ3v) is 7.10. The van der Waals surface area contributed by atoms with E-state index in [-0.39, 0.29) is 6.61 Å². The number of hydrogen-bond acceptors (Lipinski definition) is 8. The smallest absolute Gasteiger partial charge is 0.0702 e. The predicted octanol–water partition coefficient (Wildman–Crippen LogP) is 3.24. The summed E-state index contributed by atoms with van der Waals surface area (Å²) in [5.41, 5.74) is 2.37. The molecule has 0 atom stereocenters. The Kier molecular flexibility index (Phi) is 12.9. The maximum atomic E-state index is 9.46. The average molecular weight is 496 g/mol. The van der Waals surface area contributed by atoms with Crippen molar-refractivity contribution in [3.63, 3.8) is 0 Å². The lowest BCUT2D eigenvalue weighted by molar-refractivity contribution is 0.101. The van der Waals surface area contributed by atoms with Crippen LogP contribution in [0.5, 0.6) is 0 Å². The van der Waals surface area contributed by atoms with Gasteiger partial charge < -0.3 is 20.5 Å². The number of allylic oxidation sites excluding steroid dienone is 3. The Balaban J connectivity index is 1.94. The molecule has 7 nitrogen and oxygen atoms in total. The van der Waals surface area contributed by atoms with Crippen molar-refractivity contribution in [1.82, 2.24) is 19.8 Å². The largest absolute Gasteiger partial charge is 0.392 e. The normalized spacial score (nSPS) is 19.0. The minimum Gasteiger partial charge on any atom is -0.392 e. The summed E-state index contributed by atoms with van der Waals surface area (Å²) in [5.74, 6) is 0. The Hall–Kier alpha value is -1.55. The molecule has 0 spiro atoms. The van der Waals surface area contributed by atoms with Crippen LogP contribution in [-0.4, -0.2) is 86.7 Å². The van der Waals surface area contributed by atoms with Gasteiger partial charge in [-0.2, -0.15) is 0 Å². The monoisotopic (exact) mass is 495 g/mol. The van der Waals surface area contributed by atoms with Crippen molar-refractivity contribution >= 4 is 29.8 Å². The van der Waals surface area contributed by atoms with Crippen molar-refractivity contribution < 1.29 is 9.84 Å². The van der Waals surface area contributed by atoms with Gasteiger partial charge in [0.2, 0.25) is 0 Å². The molecule has 0 aromatic rings. The second kappa shape index (κ2) is 15.4. The molecular weight excluding hydrogens is 458 g/mol. The molecule has 2 aliphatic rings. The second-order valence-corrected chi connectivity index (χ2v) is 9.30. The predicted molar refractivity (Wildman–Crippen MR) is 141 cm³/mol. The van der Waals surface area contributed by atoms with Gasteiger partial charge in [0.15, 0.2) is 0 Å². The number of piperidine rings is 1. The number of halogens is 1. The number of ether oxygens (including phenoxy) is 1. The minimum atomic E-state index is 0.00251. The number of dihydropyridines is 1. The first-order chi connectivity index (χ1) is 16.0. The van der Waals surface area contributed by atoms with Gasteiger partial charge >= 0.3 is 0 Å². The van der Waals surface area contributed by atoms with Crippen LogP contribution in [0.3, 0.4) is 0 Å². The molecular formula is C24H38ClN5O2S. The van der Waals surface area contributed by atoms with Crippen molar-refractivity contribution in [1.29, 1.82) is 0 Å². The van der Waals surface area contributed by atoms with E-state index in [2.05, 4.69) is 38.3 Å². The number of nitrogens with one attached hydrogen (secondary N) is 2. The van der Waals surface area contributed by atoms with Crippen LogP contribution >= 0.6 is 23.5 Å². The first-order valence-electron chi connectivity index (χ1n) is 11.4. The lowest BCUT2D eigenvalue weighted by Gasteiger charge is -2.37. The lowest BCUT2D eigenvalue weighted by Crippen LogP contribution is -2.44. The highest BCUT2D eigenvalue weighted by molar-refractivity contribution is 8.01. The zero-order chi connectivity index (χ0) is 24.1. The zero-order valence-electron chi connectivity index (χ0n) is 20.0. The average Bonchev–Trinajstić information content (AvgIpc) is 2.83. The molecule has 0 radical (unpaired) electrons. The van der Waals surface area contributed by atoms with E-state index in [1.54, 1.807) is 31.5 Å². The Morgan fingerprint density at radius 1 is 1.48 bits per heavy atom. The highest BCUT2D eigenvalue weighted by atomic mass is 35.5. The van der Waals surface area contributed by atoms with Crippen molar-refractivity contribution in [2.24, 2.45) is 4.99 Å². The molecule has 1 saturated heterocycles. The van der Waals surface area contributed by atoms with Crippen LogP contribution in [0.4, 0.5) is 0 Å². The van der Waals surface area contributed by atoms with Gasteiger partial charge in [-0.3, -0.25) is 9.89 Å². The molecule has 3 N–H and O–H groups in total. The topological polar surface area (TPSA) is 72.4 Å². The van der Waals surface area contributed by atoms with Gasteiger partial charge in [-0.1, -0.05) is 25.1 Å². The molecule has 0 aliphatic carbocycles. The number of hydrogen-bond donors (Lipinski definition) is 3. The molecule has 0 unspecified atom stereocenters. The van der Waals surface area contributed by atoms with Crippen LogP contribution < -0.4 is 10.6 Å². The summed E-state index contributed by atoms with van der Waals surface area (Å²) in [6.45, 7) is 11.7. The number of aliphatic hydroxyl groups is 1. The first kappa shape index (κ1) is 27.7. The third-order valence-electron chi connectivity index (χ3n) is 5.66. The van der Waals surface area contributed by atoms with E-state index in [4.69, 9.17) is 16.3 Å². The van der Waals surface area contributed by atoms with Crippen LogP contribution in [0, 0.1) is 0 Å². The van der Waals surface area contributed by atoms with Gasteiger partial charge in [0.1, 0.15) is 0 Å². The van der Waals surface area contributed by atoms with Gasteiger partial charge in [0.25, 0.3) is 0 Å². The summed E-state index contributed by atoms with van der Waals surface area (Å²) < 4.78 is 7.62. The van der Waals surface area contributed by atoms with Gasteiger partial charge in [-0.15, -0.1) is 0 Å². The summed E-state index contributed by atoms with van der Waals surface area (Å²) in [6, 6.07) is 0.606. The highest BCUT2D eigenvalue weighted by Crippen LogP contribution is 2.28. The molecule has 2 rings (SSSR count). The number of likely N-dealkylation sites (N-methyl/N-ethyl adjacent to an activating group) is 2. The van der Waals surface area contributed by atoms with Gasteiger partial charge in [-0.25, -0.2) is 4.31 Å². The fourth-order valence-electron chi connectivity index (χ4n) is 3.84. The Morgan fingerprint density at radius 2 is 2.24 bits per heavy atom. The second-order valence-electron chi connectivity index (χ2n) is 7.72. The maximum Gasteiger partial charge on any atom is 0.0702 e. The standard InChI is InChI=1S/C24H38ClN5O2S/c1-5-29(14-16-32-4)20-8-12-30(13-9-20)33-21(10-15-31)7-6-11-28-23-18-27-17-22(25)24(23)19(2)26-3/h6-7,10-11,17,20,26-27,31H,2,5,8-9,12-16,18H2,1,3-4H3/b7-6-,21-10+,28-11+. The SMILES string of the molecule is C=C(NC)C1=C(/N=C/C=C\C(=C/CO)SN2CCC(N(CC)CCOC)CC2)CNC=C1Cl. The molecule has 0 amide bonds. The molecule has 33 heavy (non-hydrogen) atoms. The Bertz CT molecular complexity index is 786. The van der Waals surface area contributed by atoms with Gasteiger partial charge in [0, 0.05) is 68.4 Å². The molecule has 0 aromatic carbocycles. The lowest BCUT2D eigenvalue weighted by atomic mass is 10.0. The summed E-state index contributed by atoms with van der Waals surface area (Å²) in [6.07, 6.45) is 11.5. The molecule has 0 aromatic heterocycles. The maximum absolute atomic E-state index is 9.46. The van der Waals surface area contributed by atoms with E-state index >= 15 is 0 Å². The summed E-state index contributed by atoms with van der Waals surface area (Å²) in [5, 5.41) is 16.2. The molecule has 2 aliphatic heterocycles. The number of methoxy groups -OCH3 is 1.